The van der Waals surface area contributed by atoms with E-state index in [0.29, 0.717) is 11.6 Å². The molecule has 1 heterocycles. The predicted octanol–water partition coefficient (Wildman–Crippen LogP) is 4.67. The number of hydrogen-bond donors (Lipinski definition) is 1. The minimum Gasteiger partial charge on any atom is -0.493 e. The molecule has 0 atom stereocenters. The van der Waals surface area contributed by atoms with Crippen LogP contribution in [0.4, 0.5) is 0 Å². The number of para-hydroxylation sites is 2. The van der Waals surface area contributed by atoms with Gasteiger partial charge in [-0.2, -0.15) is 0 Å². The second-order valence-electron chi connectivity index (χ2n) is 4.59. The number of nitrogens with zero attached hydrogens (tertiary/aromatic N) is 1. The van der Waals surface area contributed by atoms with Crippen molar-refractivity contribution in [1.29, 1.82) is 0 Å². The Balaban J connectivity index is 2.09. The molecule has 0 aliphatic rings. The first kappa shape index (κ1) is 13.0. The first-order valence-corrected chi connectivity index (χ1v) is 7.03. The summed E-state index contributed by atoms with van der Waals surface area (Å²) in [5.41, 5.74) is 2.83. The molecule has 1 aromatic heterocycles. The summed E-state index contributed by atoms with van der Waals surface area (Å²) in [6.07, 6.45) is 0.961. The van der Waals surface area contributed by atoms with Crippen molar-refractivity contribution in [2.45, 2.75) is 13.3 Å². The van der Waals surface area contributed by atoms with Gasteiger partial charge in [-0.25, -0.2) is 4.98 Å². The highest BCUT2D eigenvalue weighted by Gasteiger charge is 2.11. The van der Waals surface area contributed by atoms with Gasteiger partial charge in [-0.05, 0) is 36.8 Å². The van der Waals surface area contributed by atoms with Gasteiger partial charge in [-0.1, -0.05) is 30.7 Å². The number of fused-ring (bicyclic) bond motifs is 1. The molecule has 2 aromatic carbocycles. The molecule has 3 aromatic rings. The van der Waals surface area contributed by atoms with Crippen LogP contribution in [0.25, 0.3) is 22.4 Å². The van der Waals surface area contributed by atoms with Gasteiger partial charge in [0.25, 0.3) is 0 Å². The van der Waals surface area contributed by atoms with E-state index in [2.05, 4.69) is 16.9 Å². The molecule has 0 saturated heterocycles. The van der Waals surface area contributed by atoms with Gasteiger partial charge < -0.3 is 9.72 Å². The number of ether oxygens (including phenoxy) is 1. The van der Waals surface area contributed by atoms with Crippen molar-refractivity contribution in [3.63, 3.8) is 0 Å². The standard InChI is InChI=1S/C16H15ClN2O/c1-2-9-20-15-8-7-11(17)10-12(15)16-18-13-5-3-4-6-14(13)19-16/h3-8,10H,2,9H2,1H3,(H,18,19). The maximum absolute atomic E-state index is 6.10. The van der Waals surface area contributed by atoms with E-state index in [1.807, 2.05) is 42.5 Å². The molecule has 1 N–H and O–H groups in total. The SMILES string of the molecule is CCCOc1ccc(Cl)cc1-c1nc2ccccc2[nH]1. The zero-order valence-electron chi connectivity index (χ0n) is 11.2. The summed E-state index contributed by atoms with van der Waals surface area (Å²) in [6, 6.07) is 13.5. The summed E-state index contributed by atoms with van der Waals surface area (Å²) < 4.78 is 5.77. The fourth-order valence-corrected chi connectivity index (χ4v) is 2.28. The van der Waals surface area contributed by atoms with Crippen LogP contribution in [0.5, 0.6) is 5.75 Å². The van der Waals surface area contributed by atoms with E-state index in [0.717, 1.165) is 34.6 Å². The highest BCUT2D eigenvalue weighted by molar-refractivity contribution is 6.30. The van der Waals surface area contributed by atoms with Gasteiger partial charge in [0.1, 0.15) is 11.6 Å². The van der Waals surface area contributed by atoms with Crippen LogP contribution in [0.2, 0.25) is 5.02 Å². The minimum absolute atomic E-state index is 0.671. The third kappa shape index (κ3) is 2.49. The first-order chi connectivity index (χ1) is 9.78. The van der Waals surface area contributed by atoms with Gasteiger partial charge in [0.2, 0.25) is 0 Å². The molecule has 0 spiro atoms. The van der Waals surface area contributed by atoms with Crippen molar-refractivity contribution in [3.05, 3.63) is 47.5 Å². The highest BCUT2D eigenvalue weighted by atomic mass is 35.5. The number of hydrogen-bond acceptors (Lipinski definition) is 2. The number of aromatic nitrogens is 2. The van der Waals surface area contributed by atoms with E-state index < -0.39 is 0 Å². The molecule has 20 heavy (non-hydrogen) atoms. The van der Waals surface area contributed by atoms with Crippen molar-refractivity contribution in [1.82, 2.24) is 9.97 Å². The van der Waals surface area contributed by atoms with Crippen molar-refractivity contribution >= 4 is 22.6 Å². The third-order valence-electron chi connectivity index (χ3n) is 3.05. The zero-order chi connectivity index (χ0) is 13.9. The predicted molar refractivity (Wildman–Crippen MR) is 82.3 cm³/mol. The lowest BCUT2D eigenvalue weighted by molar-refractivity contribution is 0.318. The van der Waals surface area contributed by atoms with Crippen LogP contribution in [0, 0.1) is 0 Å². The molecule has 3 nitrogen and oxygen atoms in total. The third-order valence-corrected chi connectivity index (χ3v) is 3.28. The lowest BCUT2D eigenvalue weighted by Crippen LogP contribution is -1.97. The summed E-state index contributed by atoms with van der Waals surface area (Å²) in [5.74, 6) is 1.58. The van der Waals surface area contributed by atoms with Crippen LogP contribution in [-0.4, -0.2) is 16.6 Å². The van der Waals surface area contributed by atoms with E-state index in [1.165, 1.54) is 0 Å². The number of benzene rings is 2. The van der Waals surface area contributed by atoms with Crippen LogP contribution in [0.1, 0.15) is 13.3 Å². The van der Waals surface area contributed by atoms with Crippen LogP contribution in [0.15, 0.2) is 42.5 Å². The molecule has 102 valence electrons. The lowest BCUT2D eigenvalue weighted by atomic mass is 10.2. The quantitative estimate of drug-likeness (QED) is 0.756. The van der Waals surface area contributed by atoms with Crippen LogP contribution in [0.3, 0.4) is 0 Å². The Bertz CT molecular complexity index is 703. The highest BCUT2D eigenvalue weighted by Crippen LogP contribution is 2.32. The maximum atomic E-state index is 6.10. The average molecular weight is 287 g/mol. The zero-order valence-corrected chi connectivity index (χ0v) is 11.9. The second kappa shape index (κ2) is 5.55. The Morgan fingerprint density at radius 3 is 2.85 bits per heavy atom. The van der Waals surface area contributed by atoms with Gasteiger partial charge >= 0.3 is 0 Å². The molecule has 4 heteroatoms. The Kier molecular flexibility index (Phi) is 3.61. The molecule has 0 fully saturated rings. The average Bonchev–Trinajstić information content (AvgIpc) is 2.89. The number of nitrogens with one attached hydrogen (secondary N) is 1. The minimum atomic E-state index is 0.671. The molecule has 0 saturated carbocycles. The number of halogens is 1. The van der Waals surface area contributed by atoms with Crippen molar-refractivity contribution in [3.8, 4) is 17.1 Å². The fourth-order valence-electron chi connectivity index (χ4n) is 2.11. The maximum Gasteiger partial charge on any atom is 0.142 e. The van der Waals surface area contributed by atoms with Gasteiger partial charge in [0.15, 0.2) is 0 Å². The number of aromatic amines is 1. The van der Waals surface area contributed by atoms with Crippen molar-refractivity contribution in [2.75, 3.05) is 6.61 Å². The Morgan fingerprint density at radius 2 is 2.05 bits per heavy atom. The topological polar surface area (TPSA) is 37.9 Å². The molecular weight excluding hydrogens is 272 g/mol. The van der Waals surface area contributed by atoms with Gasteiger partial charge in [-0.15, -0.1) is 0 Å². The van der Waals surface area contributed by atoms with E-state index in [-0.39, 0.29) is 0 Å². The number of imidazole rings is 1. The summed E-state index contributed by atoms with van der Waals surface area (Å²) in [4.78, 5) is 7.90. The summed E-state index contributed by atoms with van der Waals surface area (Å²) in [7, 11) is 0. The lowest BCUT2D eigenvalue weighted by Gasteiger charge is -2.09. The normalized spacial score (nSPS) is 10.9. The van der Waals surface area contributed by atoms with Crippen molar-refractivity contribution in [2.24, 2.45) is 0 Å². The smallest absolute Gasteiger partial charge is 0.142 e. The van der Waals surface area contributed by atoms with Crippen molar-refractivity contribution < 1.29 is 4.74 Å². The number of H-pyrrole nitrogens is 1. The van der Waals surface area contributed by atoms with E-state index >= 15 is 0 Å². The fraction of sp³-hybridized carbons (Fsp3) is 0.188. The van der Waals surface area contributed by atoms with Crippen LogP contribution >= 0.6 is 11.6 Å². The molecular formula is C16H15ClN2O. The summed E-state index contributed by atoms with van der Waals surface area (Å²) in [5, 5.41) is 0.671. The number of rotatable bonds is 4. The molecule has 0 radical (unpaired) electrons. The molecule has 0 unspecified atom stereocenters. The van der Waals surface area contributed by atoms with E-state index in [9.17, 15) is 0 Å². The van der Waals surface area contributed by atoms with Gasteiger partial charge in [-0.3, -0.25) is 0 Å². The Morgan fingerprint density at radius 1 is 1.20 bits per heavy atom. The molecule has 0 aliphatic carbocycles. The molecule has 0 aliphatic heterocycles. The largest absolute Gasteiger partial charge is 0.493 e. The summed E-state index contributed by atoms with van der Waals surface area (Å²) >= 11 is 6.10. The molecule has 0 amide bonds. The Hall–Kier alpha value is -2.00. The monoisotopic (exact) mass is 286 g/mol. The molecule has 3 rings (SSSR count). The Labute approximate surface area is 122 Å². The van der Waals surface area contributed by atoms with Gasteiger partial charge in [0.05, 0.1) is 23.2 Å². The van der Waals surface area contributed by atoms with Crippen LogP contribution in [-0.2, 0) is 0 Å². The van der Waals surface area contributed by atoms with E-state index in [4.69, 9.17) is 16.3 Å². The summed E-state index contributed by atoms with van der Waals surface area (Å²) in [6.45, 7) is 2.76. The first-order valence-electron chi connectivity index (χ1n) is 6.65. The molecule has 0 bridgehead atoms. The van der Waals surface area contributed by atoms with Crippen LogP contribution < -0.4 is 4.74 Å². The second-order valence-corrected chi connectivity index (χ2v) is 5.03. The van der Waals surface area contributed by atoms with E-state index in [1.54, 1.807) is 0 Å². The van der Waals surface area contributed by atoms with Gasteiger partial charge in [0, 0.05) is 5.02 Å².